The van der Waals surface area contributed by atoms with Gasteiger partial charge in [0.05, 0.1) is 35.4 Å². The van der Waals surface area contributed by atoms with Crippen LogP contribution >= 0.6 is 23.2 Å². The van der Waals surface area contributed by atoms with Crippen LogP contribution in [0.25, 0.3) is 0 Å². The van der Waals surface area contributed by atoms with Crippen LogP contribution in [0, 0.1) is 0 Å². The second-order valence-electron chi connectivity index (χ2n) is 7.60. The first-order valence-electron chi connectivity index (χ1n) is 10.3. The van der Waals surface area contributed by atoms with Gasteiger partial charge in [-0.05, 0) is 31.9 Å². The molecule has 2 fully saturated rings. The summed E-state index contributed by atoms with van der Waals surface area (Å²) in [6.45, 7) is 2.83. The van der Waals surface area contributed by atoms with Gasteiger partial charge in [0, 0.05) is 13.1 Å². The van der Waals surface area contributed by atoms with Crippen molar-refractivity contribution < 1.29 is 27.5 Å². The lowest BCUT2D eigenvalue weighted by Crippen LogP contribution is -2.56. The van der Waals surface area contributed by atoms with Gasteiger partial charge in [-0.1, -0.05) is 42.5 Å². The van der Waals surface area contributed by atoms with E-state index < -0.39 is 27.4 Å². The summed E-state index contributed by atoms with van der Waals surface area (Å²) >= 11 is 12.4. The number of ether oxygens (including phenoxy) is 2. The summed E-state index contributed by atoms with van der Waals surface area (Å²) in [6, 6.07) is 2.41. The van der Waals surface area contributed by atoms with Gasteiger partial charge < -0.3 is 14.8 Å². The highest BCUT2D eigenvalue weighted by Gasteiger charge is 2.43. The van der Waals surface area contributed by atoms with Crippen molar-refractivity contribution in [2.75, 3.05) is 32.9 Å². The normalized spacial score (nSPS) is 19.6. The molecule has 0 unspecified atom stereocenters. The number of rotatable bonds is 6. The van der Waals surface area contributed by atoms with Gasteiger partial charge in [-0.25, -0.2) is 13.2 Å². The summed E-state index contributed by atoms with van der Waals surface area (Å²) in [5, 5.41) is 2.70. The van der Waals surface area contributed by atoms with Crippen molar-refractivity contribution in [2.24, 2.45) is 0 Å². The minimum atomic E-state index is -3.95. The highest BCUT2D eigenvalue weighted by Crippen LogP contribution is 2.33. The molecule has 1 saturated heterocycles. The first-order chi connectivity index (χ1) is 14.7. The number of hydrogen-bond donors (Lipinski definition) is 1. The first-order valence-corrected chi connectivity index (χ1v) is 12.5. The standard InChI is InChI=1S/C20H26Cl2N2O6S/c1-2-30-19(26)20(6-4-3-5-7-20)23-18(25)14-12-17(16(22)13-15(14)21)31(27,28)24-8-10-29-11-9-24/h12-13H,2-11H2,1H3,(H,23,25). The van der Waals surface area contributed by atoms with Crippen molar-refractivity contribution in [1.29, 1.82) is 0 Å². The number of sulfonamides is 1. The van der Waals surface area contributed by atoms with E-state index in [9.17, 15) is 18.0 Å². The molecule has 1 amide bonds. The Balaban J connectivity index is 1.93. The molecular formula is C20H26Cl2N2O6S. The second kappa shape index (κ2) is 10.0. The molecule has 1 N–H and O–H groups in total. The molecule has 1 aliphatic carbocycles. The molecule has 1 aromatic rings. The zero-order valence-electron chi connectivity index (χ0n) is 17.3. The number of esters is 1. The Kier molecular flexibility index (Phi) is 7.86. The van der Waals surface area contributed by atoms with Crippen LogP contribution in [-0.4, -0.2) is 63.0 Å². The van der Waals surface area contributed by atoms with Gasteiger partial charge in [0.2, 0.25) is 10.0 Å². The van der Waals surface area contributed by atoms with E-state index in [1.807, 2.05) is 0 Å². The molecule has 0 bridgehead atoms. The van der Waals surface area contributed by atoms with Crippen LogP contribution < -0.4 is 5.32 Å². The zero-order chi connectivity index (χ0) is 22.6. The summed E-state index contributed by atoms with van der Waals surface area (Å²) in [6.07, 6.45) is 3.39. The lowest BCUT2D eigenvalue weighted by atomic mass is 9.81. The number of nitrogens with zero attached hydrogens (tertiary/aromatic N) is 1. The number of carbonyl (C=O) groups is 2. The molecule has 0 spiro atoms. The van der Waals surface area contributed by atoms with Crippen LogP contribution in [-0.2, 0) is 24.3 Å². The molecule has 0 aromatic heterocycles. The topological polar surface area (TPSA) is 102 Å². The molecule has 0 atom stereocenters. The van der Waals surface area contributed by atoms with E-state index in [-0.39, 0.29) is 53.4 Å². The van der Waals surface area contributed by atoms with Gasteiger partial charge in [-0.2, -0.15) is 4.31 Å². The lowest BCUT2D eigenvalue weighted by molar-refractivity contribution is -0.152. The molecule has 8 nitrogen and oxygen atoms in total. The van der Waals surface area contributed by atoms with Crippen molar-refractivity contribution in [3.63, 3.8) is 0 Å². The molecule has 2 aliphatic rings. The SMILES string of the molecule is CCOC(=O)C1(NC(=O)c2cc(S(=O)(=O)N3CCOCC3)c(Cl)cc2Cl)CCCCC1. The summed E-state index contributed by atoms with van der Waals surface area (Å²) in [5.41, 5.74) is -1.22. The van der Waals surface area contributed by atoms with Crippen LogP contribution in [0.1, 0.15) is 49.4 Å². The van der Waals surface area contributed by atoms with E-state index in [0.29, 0.717) is 12.8 Å². The van der Waals surface area contributed by atoms with Crippen molar-refractivity contribution >= 4 is 45.1 Å². The monoisotopic (exact) mass is 492 g/mol. The molecule has 11 heteroatoms. The van der Waals surface area contributed by atoms with Crippen LogP contribution in [0.4, 0.5) is 0 Å². The summed E-state index contributed by atoms with van der Waals surface area (Å²) in [4.78, 5) is 25.6. The van der Waals surface area contributed by atoms with E-state index in [0.717, 1.165) is 19.3 Å². The van der Waals surface area contributed by atoms with Crippen molar-refractivity contribution in [3.8, 4) is 0 Å². The molecular weight excluding hydrogens is 467 g/mol. The van der Waals surface area contributed by atoms with Crippen LogP contribution in [0.2, 0.25) is 10.0 Å². The molecule has 3 rings (SSSR count). The van der Waals surface area contributed by atoms with Crippen LogP contribution in [0.3, 0.4) is 0 Å². The molecule has 0 radical (unpaired) electrons. The fourth-order valence-electron chi connectivity index (χ4n) is 3.92. The van der Waals surface area contributed by atoms with Crippen LogP contribution in [0.15, 0.2) is 17.0 Å². The number of benzene rings is 1. The fraction of sp³-hybridized carbons (Fsp3) is 0.600. The minimum Gasteiger partial charge on any atom is -0.464 e. The van der Waals surface area contributed by atoms with Crippen molar-refractivity contribution in [2.45, 2.75) is 49.5 Å². The maximum absolute atomic E-state index is 13.1. The molecule has 1 aliphatic heterocycles. The van der Waals surface area contributed by atoms with Gasteiger partial charge in [0.25, 0.3) is 5.91 Å². The average Bonchev–Trinajstić information content (AvgIpc) is 2.75. The number of carbonyl (C=O) groups excluding carboxylic acids is 2. The number of halogens is 2. The van der Waals surface area contributed by atoms with Crippen LogP contribution in [0.5, 0.6) is 0 Å². The third-order valence-corrected chi connectivity index (χ3v) is 8.26. The minimum absolute atomic E-state index is 0.00162. The predicted octanol–water partition coefficient (Wildman–Crippen LogP) is 3.01. The van der Waals surface area contributed by atoms with Gasteiger partial charge >= 0.3 is 5.97 Å². The fourth-order valence-corrected chi connectivity index (χ4v) is 6.16. The Labute approximate surface area is 192 Å². The average molecular weight is 493 g/mol. The number of morpholine rings is 1. The van der Waals surface area contributed by atoms with E-state index in [4.69, 9.17) is 32.7 Å². The number of amides is 1. The Morgan fingerprint density at radius 3 is 2.39 bits per heavy atom. The van der Waals surface area contributed by atoms with Crippen molar-refractivity contribution in [1.82, 2.24) is 9.62 Å². The van der Waals surface area contributed by atoms with E-state index in [1.165, 1.54) is 16.4 Å². The summed E-state index contributed by atoms with van der Waals surface area (Å²) in [7, 11) is -3.95. The molecule has 1 heterocycles. The van der Waals surface area contributed by atoms with Crippen molar-refractivity contribution in [3.05, 3.63) is 27.7 Å². The number of nitrogens with one attached hydrogen (secondary N) is 1. The lowest BCUT2D eigenvalue weighted by Gasteiger charge is -2.35. The second-order valence-corrected chi connectivity index (χ2v) is 10.3. The molecule has 172 valence electrons. The van der Waals surface area contributed by atoms with Gasteiger partial charge in [0.15, 0.2) is 0 Å². The van der Waals surface area contributed by atoms with E-state index in [1.54, 1.807) is 6.92 Å². The van der Waals surface area contributed by atoms with Gasteiger partial charge in [-0.15, -0.1) is 0 Å². The van der Waals surface area contributed by atoms with E-state index in [2.05, 4.69) is 5.32 Å². The summed E-state index contributed by atoms with van der Waals surface area (Å²) < 4.78 is 37.8. The molecule has 1 aromatic carbocycles. The predicted molar refractivity (Wildman–Crippen MR) is 116 cm³/mol. The highest BCUT2D eigenvalue weighted by molar-refractivity contribution is 7.89. The highest BCUT2D eigenvalue weighted by atomic mass is 35.5. The first kappa shape index (κ1) is 24.3. The smallest absolute Gasteiger partial charge is 0.331 e. The molecule has 1 saturated carbocycles. The van der Waals surface area contributed by atoms with E-state index >= 15 is 0 Å². The summed E-state index contributed by atoms with van der Waals surface area (Å²) in [5.74, 6) is -1.13. The number of hydrogen-bond acceptors (Lipinski definition) is 6. The Hall–Kier alpha value is -1.39. The zero-order valence-corrected chi connectivity index (χ0v) is 19.6. The third kappa shape index (κ3) is 5.17. The maximum Gasteiger partial charge on any atom is 0.331 e. The van der Waals surface area contributed by atoms with Gasteiger partial charge in [0.1, 0.15) is 10.4 Å². The Morgan fingerprint density at radius 1 is 1.13 bits per heavy atom. The van der Waals surface area contributed by atoms with Gasteiger partial charge in [-0.3, -0.25) is 4.79 Å². The maximum atomic E-state index is 13.1. The Morgan fingerprint density at radius 2 is 1.77 bits per heavy atom. The Bertz CT molecular complexity index is 941. The molecule has 31 heavy (non-hydrogen) atoms. The third-order valence-electron chi connectivity index (χ3n) is 5.58. The largest absolute Gasteiger partial charge is 0.464 e. The quantitative estimate of drug-likeness (QED) is 0.612.